The van der Waals surface area contributed by atoms with E-state index < -0.39 is 5.60 Å². The fourth-order valence-electron chi connectivity index (χ4n) is 3.79. The molecule has 0 radical (unpaired) electrons. The Hall–Kier alpha value is -2.44. The number of ether oxygens (including phenoxy) is 1. The molecule has 2 saturated heterocycles. The van der Waals surface area contributed by atoms with Gasteiger partial charge in [-0.25, -0.2) is 4.98 Å². The minimum absolute atomic E-state index is 0.127. The highest BCUT2D eigenvalue weighted by Gasteiger charge is 2.29. The second-order valence-electron chi connectivity index (χ2n) is 8.67. The quantitative estimate of drug-likeness (QED) is 0.631. The minimum Gasteiger partial charge on any atom is -0.460 e. The van der Waals surface area contributed by atoms with Gasteiger partial charge in [0.1, 0.15) is 11.4 Å². The van der Waals surface area contributed by atoms with Crippen LogP contribution in [0, 0.1) is 5.92 Å². The summed E-state index contributed by atoms with van der Waals surface area (Å²) in [6.07, 6.45) is 4.95. The van der Waals surface area contributed by atoms with Gasteiger partial charge in [-0.05, 0) is 57.6 Å². The molecule has 2 aliphatic rings. The molecule has 0 aliphatic carbocycles. The number of amides is 2. The van der Waals surface area contributed by atoms with Crippen LogP contribution >= 0.6 is 0 Å². The molecule has 1 atom stereocenters. The molecule has 3 rings (SSSR count). The molecular formula is C21H29N3O4. The molecule has 0 saturated carbocycles. The van der Waals surface area contributed by atoms with Gasteiger partial charge in [-0.1, -0.05) is 6.07 Å². The van der Waals surface area contributed by atoms with Crippen molar-refractivity contribution < 1.29 is 19.1 Å². The van der Waals surface area contributed by atoms with E-state index >= 15 is 0 Å². The van der Waals surface area contributed by atoms with Crippen molar-refractivity contribution in [2.45, 2.75) is 64.4 Å². The number of piperidine rings is 2. The third-order valence-corrected chi connectivity index (χ3v) is 5.23. The normalized spacial score (nSPS) is 21.4. The van der Waals surface area contributed by atoms with Crippen LogP contribution in [0.4, 0.5) is 5.82 Å². The first-order valence-electron chi connectivity index (χ1n) is 9.98. The summed E-state index contributed by atoms with van der Waals surface area (Å²) in [6, 6.07) is 3.86. The average Bonchev–Trinajstić information content (AvgIpc) is 2.61. The summed E-state index contributed by atoms with van der Waals surface area (Å²) in [4.78, 5) is 42.0. The van der Waals surface area contributed by atoms with Gasteiger partial charge in [-0.3, -0.25) is 19.7 Å². The lowest BCUT2D eigenvalue weighted by molar-refractivity contribution is -0.156. The Morgan fingerprint density at radius 1 is 1.21 bits per heavy atom. The van der Waals surface area contributed by atoms with Crippen molar-refractivity contribution in [3.8, 4) is 0 Å². The van der Waals surface area contributed by atoms with E-state index in [4.69, 9.17) is 4.74 Å². The smallest absolute Gasteiger partial charge is 0.306 e. The molecule has 7 nitrogen and oxygen atoms in total. The maximum absolute atomic E-state index is 12.0. The highest BCUT2D eigenvalue weighted by molar-refractivity contribution is 6.00. The number of rotatable bonds is 4. The zero-order chi connectivity index (χ0) is 20.3. The van der Waals surface area contributed by atoms with Gasteiger partial charge >= 0.3 is 5.97 Å². The number of hydrogen-bond acceptors (Lipinski definition) is 6. The summed E-state index contributed by atoms with van der Waals surface area (Å²) in [5, 5.41) is 2.39. The SMILES string of the molecule is CC(C)(C)OC(=O)CC1CCN(c2ccc(C3CCC(=O)NC3=O)cn2)CC1. The summed E-state index contributed by atoms with van der Waals surface area (Å²) in [6.45, 7) is 7.35. The zero-order valence-corrected chi connectivity index (χ0v) is 16.9. The van der Waals surface area contributed by atoms with Gasteiger partial charge in [-0.15, -0.1) is 0 Å². The average molecular weight is 387 g/mol. The molecule has 0 bridgehead atoms. The summed E-state index contributed by atoms with van der Waals surface area (Å²) >= 11 is 0. The van der Waals surface area contributed by atoms with Gasteiger partial charge in [-0.2, -0.15) is 0 Å². The molecule has 1 unspecified atom stereocenters. The Kier molecular flexibility index (Phi) is 6.01. The number of anilines is 1. The van der Waals surface area contributed by atoms with Crippen LogP contribution < -0.4 is 10.2 Å². The van der Waals surface area contributed by atoms with Crippen LogP contribution in [0.5, 0.6) is 0 Å². The highest BCUT2D eigenvalue weighted by Crippen LogP contribution is 2.28. The lowest BCUT2D eigenvalue weighted by Gasteiger charge is -2.33. The molecular weight excluding hydrogens is 358 g/mol. The van der Waals surface area contributed by atoms with Gasteiger partial charge in [0.2, 0.25) is 11.8 Å². The lowest BCUT2D eigenvalue weighted by atomic mass is 9.91. The maximum atomic E-state index is 12.0. The lowest BCUT2D eigenvalue weighted by Crippen LogP contribution is -2.39. The number of nitrogens with zero attached hydrogens (tertiary/aromatic N) is 2. The van der Waals surface area contributed by atoms with E-state index in [0.29, 0.717) is 25.2 Å². The van der Waals surface area contributed by atoms with E-state index in [0.717, 1.165) is 37.3 Å². The first-order valence-corrected chi connectivity index (χ1v) is 9.98. The molecule has 0 aromatic carbocycles. The molecule has 2 fully saturated rings. The first-order chi connectivity index (χ1) is 13.2. The molecule has 1 aromatic heterocycles. The van der Waals surface area contributed by atoms with Crippen molar-refractivity contribution in [3.05, 3.63) is 23.9 Å². The Morgan fingerprint density at radius 2 is 1.93 bits per heavy atom. The highest BCUT2D eigenvalue weighted by atomic mass is 16.6. The van der Waals surface area contributed by atoms with Crippen molar-refractivity contribution >= 4 is 23.6 Å². The third-order valence-electron chi connectivity index (χ3n) is 5.23. The second-order valence-corrected chi connectivity index (χ2v) is 8.67. The van der Waals surface area contributed by atoms with Crippen molar-refractivity contribution in [2.75, 3.05) is 18.0 Å². The molecule has 152 valence electrons. The van der Waals surface area contributed by atoms with Crippen LogP contribution in [0.2, 0.25) is 0 Å². The molecule has 1 aromatic rings. The number of hydrogen-bond donors (Lipinski definition) is 1. The fraction of sp³-hybridized carbons (Fsp3) is 0.619. The van der Waals surface area contributed by atoms with Gasteiger partial charge in [0.15, 0.2) is 0 Å². The largest absolute Gasteiger partial charge is 0.460 e. The maximum Gasteiger partial charge on any atom is 0.306 e. The standard InChI is InChI=1S/C21H29N3O4/c1-21(2,3)28-19(26)12-14-8-10-24(11-9-14)17-6-4-15(13-22-17)16-5-7-18(25)23-20(16)27/h4,6,13-14,16H,5,7-12H2,1-3H3,(H,23,25,27). The number of aromatic nitrogens is 1. The predicted molar refractivity (Wildman–Crippen MR) is 105 cm³/mol. The Balaban J connectivity index is 1.51. The van der Waals surface area contributed by atoms with E-state index in [-0.39, 0.29) is 23.7 Å². The number of carbonyl (C=O) groups excluding carboxylic acids is 3. The molecule has 0 spiro atoms. The van der Waals surface area contributed by atoms with Crippen LogP contribution in [-0.4, -0.2) is 41.5 Å². The van der Waals surface area contributed by atoms with Crippen LogP contribution in [0.25, 0.3) is 0 Å². The molecule has 1 N–H and O–H groups in total. The van der Waals surface area contributed by atoms with Crippen molar-refractivity contribution in [3.63, 3.8) is 0 Å². The monoisotopic (exact) mass is 387 g/mol. The first kappa shape index (κ1) is 20.3. The number of pyridine rings is 1. The Morgan fingerprint density at radius 3 is 2.50 bits per heavy atom. The minimum atomic E-state index is -0.439. The number of carbonyl (C=O) groups is 3. The number of esters is 1. The number of imide groups is 1. The Bertz CT molecular complexity index is 731. The van der Waals surface area contributed by atoms with Gasteiger partial charge in [0, 0.05) is 32.1 Å². The van der Waals surface area contributed by atoms with E-state index in [1.807, 2.05) is 32.9 Å². The van der Waals surface area contributed by atoms with Gasteiger partial charge < -0.3 is 9.64 Å². The molecule has 2 amide bonds. The summed E-state index contributed by atoms with van der Waals surface area (Å²) < 4.78 is 5.42. The second kappa shape index (κ2) is 8.29. The fourth-order valence-corrected chi connectivity index (χ4v) is 3.79. The van der Waals surface area contributed by atoms with Crippen LogP contribution in [-0.2, 0) is 19.1 Å². The van der Waals surface area contributed by atoms with E-state index in [2.05, 4.69) is 15.2 Å². The molecule has 3 heterocycles. The summed E-state index contributed by atoms with van der Waals surface area (Å²) in [5.41, 5.74) is 0.403. The zero-order valence-electron chi connectivity index (χ0n) is 16.9. The van der Waals surface area contributed by atoms with Gasteiger partial charge in [0.05, 0.1) is 5.92 Å². The van der Waals surface area contributed by atoms with Crippen molar-refractivity contribution in [1.29, 1.82) is 0 Å². The van der Waals surface area contributed by atoms with E-state index in [1.165, 1.54) is 0 Å². The summed E-state index contributed by atoms with van der Waals surface area (Å²) in [5.74, 6) is 0.339. The summed E-state index contributed by atoms with van der Waals surface area (Å²) in [7, 11) is 0. The Labute approximate surface area is 165 Å². The molecule has 7 heteroatoms. The van der Waals surface area contributed by atoms with Crippen molar-refractivity contribution in [1.82, 2.24) is 10.3 Å². The van der Waals surface area contributed by atoms with Crippen LogP contribution in [0.15, 0.2) is 18.3 Å². The van der Waals surface area contributed by atoms with Crippen LogP contribution in [0.1, 0.15) is 64.4 Å². The van der Waals surface area contributed by atoms with E-state index in [9.17, 15) is 14.4 Å². The van der Waals surface area contributed by atoms with E-state index in [1.54, 1.807) is 6.20 Å². The molecule has 2 aliphatic heterocycles. The number of nitrogens with one attached hydrogen (secondary N) is 1. The van der Waals surface area contributed by atoms with Gasteiger partial charge in [0.25, 0.3) is 0 Å². The third kappa shape index (κ3) is 5.30. The predicted octanol–water partition coefficient (Wildman–Crippen LogP) is 2.55. The molecule has 28 heavy (non-hydrogen) atoms. The van der Waals surface area contributed by atoms with Crippen molar-refractivity contribution in [2.24, 2.45) is 5.92 Å². The topological polar surface area (TPSA) is 88.6 Å². The van der Waals surface area contributed by atoms with Crippen LogP contribution in [0.3, 0.4) is 0 Å².